The monoisotopic (exact) mass is 420 g/mol. The van der Waals surface area contributed by atoms with Crippen molar-refractivity contribution < 1.29 is 13.2 Å². The molecular formula is C19H17ClN2O3S2. The van der Waals surface area contributed by atoms with Gasteiger partial charge in [-0.1, -0.05) is 36.7 Å². The van der Waals surface area contributed by atoms with Crippen molar-refractivity contribution in [1.82, 2.24) is 0 Å². The first-order valence-electron chi connectivity index (χ1n) is 8.16. The van der Waals surface area contributed by atoms with Crippen LogP contribution in [0.2, 0.25) is 5.02 Å². The molecule has 0 aliphatic carbocycles. The number of rotatable bonds is 6. The van der Waals surface area contributed by atoms with Crippen molar-refractivity contribution in [3.05, 3.63) is 75.4 Å². The summed E-state index contributed by atoms with van der Waals surface area (Å²) in [4.78, 5) is 13.1. The standard InChI is InChI=1S/C19H17ClN2O3S2/c1-2-13-10-11-26-18(13)19(23)21-14-6-5-7-15(12-14)27(24,25)22-17-9-4-3-8-16(17)20/h3-12,22H,2H2,1H3,(H,21,23). The molecule has 8 heteroatoms. The van der Waals surface area contributed by atoms with Gasteiger partial charge >= 0.3 is 0 Å². The van der Waals surface area contributed by atoms with Crippen LogP contribution in [0.4, 0.5) is 11.4 Å². The number of anilines is 2. The molecule has 3 rings (SSSR count). The first kappa shape index (κ1) is 19.4. The molecule has 140 valence electrons. The fraction of sp³-hybridized carbons (Fsp3) is 0.105. The van der Waals surface area contributed by atoms with Crippen molar-refractivity contribution in [3.8, 4) is 0 Å². The number of hydrogen-bond donors (Lipinski definition) is 2. The second-order valence-electron chi connectivity index (χ2n) is 5.70. The third-order valence-electron chi connectivity index (χ3n) is 3.85. The number of thiophene rings is 1. The lowest BCUT2D eigenvalue weighted by molar-refractivity contribution is 0.102. The van der Waals surface area contributed by atoms with E-state index in [9.17, 15) is 13.2 Å². The van der Waals surface area contributed by atoms with E-state index in [0.29, 0.717) is 21.3 Å². The van der Waals surface area contributed by atoms with Gasteiger partial charge in [-0.25, -0.2) is 8.42 Å². The highest BCUT2D eigenvalue weighted by atomic mass is 35.5. The summed E-state index contributed by atoms with van der Waals surface area (Å²) in [6, 6.07) is 14.6. The Morgan fingerprint density at radius 1 is 1.11 bits per heavy atom. The first-order chi connectivity index (χ1) is 12.9. The van der Waals surface area contributed by atoms with E-state index >= 15 is 0 Å². The Kier molecular flexibility index (Phi) is 5.84. The summed E-state index contributed by atoms with van der Waals surface area (Å²) in [6.07, 6.45) is 0.752. The van der Waals surface area contributed by atoms with E-state index in [1.165, 1.54) is 23.5 Å². The molecule has 0 bridgehead atoms. The maximum Gasteiger partial charge on any atom is 0.266 e. The van der Waals surface area contributed by atoms with Gasteiger partial charge in [-0.15, -0.1) is 11.3 Å². The summed E-state index contributed by atoms with van der Waals surface area (Å²) >= 11 is 7.38. The number of aryl methyl sites for hydroxylation is 1. The average molecular weight is 421 g/mol. The van der Waals surface area contributed by atoms with Gasteiger partial charge in [-0.2, -0.15) is 0 Å². The van der Waals surface area contributed by atoms with Crippen LogP contribution >= 0.6 is 22.9 Å². The lowest BCUT2D eigenvalue weighted by Crippen LogP contribution is -2.15. The number of benzene rings is 2. The van der Waals surface area contributed by atoms with Crippen LogP contribution in [0.15, 0.2) is 64.9 Å². The zero-order chi connectivity index (χ0) is 19.4. The molecule has 0 unspecified atom stereocenters. The van der Waals surface area contributed by atoms with E-state index in [4.69, 9.17) is 11.6 Å². The van der Waals surface area contributed by atoms with E-state index in [1.54, 1.807) is 36.4 Å². The predicted molar refractivity (Wildman–Crippen MR) is 110 cm³/mol. The molecule has 1 aromatic heterocycles. The summed E-state index contributed by atoms with van der Waals surface area (Å²) in [7, 11) is -3.84. The molecule has 1 amide bonds. The Hall–Kier alpha value is -2.35. The summed E-state index contributed by atoms with van der Waals surface area (Å²) in [5, 5.41) is 4.92. The van der Waals surface area contributed by atoms with Gasteiger partial charge in [-0.3, -0.25) is 9.52 Å². The largest absolute Gasteiger partial charge is 0.321 e. The Morgan fingerprint density at radius 3 is 2.63 bits per heavy atom. The van der Waals surface area contributed by atoms with Crippen molar-refractivity contribution >= 4 is 50.2 Å². The molecule has 3 aromatic rings. The van der Waals surface area contributed by atoms with Gasteiger partial charge in [0.05, 0.1) is 20.5 Å². The molecule has 0 radical (unpaired) electrons. The van der Waals surface area contributed by atoms with Crippen LogP contribution in [0, 0.1) is 0 Å². The van der Waals surface area contributed by atoms with Crippen molar-refractivity contribution in [2.45, 2.75) is 18.2 Å². The van der Waals surface area contributed by atoms with Gasteiger partial charge in [0.15, 0.2) is 0 Å². The zero-order valence-corrected chi connectivity index (χ0v) is 16.8. The van der Waals surface area contributed by atoms with Gasteiger partial charge in [0.25, 0.3) is 15.9 Å². The summed E-state index contributed by atoms with van der Waals surface area (Å²) in [5.41, 5.74) is 1.65. The van der Waals surface area contributed by atoms with Gasteiger partial charge in [-0.05, 0) is 53.8 Å². The molecule has 0 spiro atoms. The molecule has 27 heavy (non-hydrogen) atoms. The average Bonchev–Trinajstić information content (AvgIpc) is 3.13. The van der Waals surface area contributed by atoms with Crippen LogP contribution in [0.25, 0.3) is 0 Å². The SMILES string of the molecule is CCc1ccsc1C(=O)Nc1cccc(S(=O)(=O)Nc2ccccc2Cl)c1. The minimum Gasteiger partial charge on any atom is -0.321 e. The highest BCUT2D eigenvalue weighted by molar-refractivity contribution is 7.92. The van der Waals surface area contributed by atoms with Crippen LogP contribution in [0.3, 0.4) is 0 Å². The second-order valence-corrected chi connectivity index (χ2v) is 8.70. The van der Waals surface area contributed by atoms with Gasteiger partial charge in [0.2, 0.25) is 0 Å². The number of halogens is 1. The molecule has 5 nitrogen and oxygen atoms in total. The van der Waals surface area contributed by atoms with E-state index < -0.39 is 10.0 Å². The number of carbonyl (C=O) groups is 1. The smallest absolute Gasteiger partial charge is 0.266 e. The Balaban J connectivity index is 1.83. The van der Waals surface area contributed by atoms with E-state index in [2.05, 4.69) is 10.0 Å². The van der Waals surface area contributed by atoms with E-state index in [-0.39, 0.29) is 10.8 Å². The van der Waals surface area contributed by atoms with Crippen LogP contribution in [-0.2, 0) is 16.4 Å². The van der Waals surface area contributed by atoms with Crippen molar-refractivity contribution in [3.63, 3.8) is 0 Å². The summed E-state index contributed by atoms with van der Waals surface area (Å²) < 4.78 is 27.7. The molecule has 0 fully saturated rings. The highest BCUT2D eigenvalue weighted by Crippen LogP contribution is 2.25. The number of carbonyl (C=O) groups excluding carboxylic acids is 1. The normalized spacial score (nSPS) is 11.2. The number of para-hydroxylation sites is 1. The number of hydrogen-bond acceptors (Lipinski definition) is 4. The second kappa shape index (κ2) is 8.12. The molecule has 2 N–H and O–H groups in total. The summed E-state index contributed by atoms with van der Waals surface area (Å²) in [5.74, 6) is -0.254. The van der Waals surface area contributed by atoms with Crippen molar-refractivity contribution in [2.24, 2.45) is 0 Å². The van der Waals surface area contributed by atoms with Crippen molar-refractivity contribution in [2.75, 3.05) is 10.0 Å². The van der Waals surface area contributed by atoms with Crippen LogP contribution in [0.5, 0.6) is 0 Å². The predicted octanol–water partition coefficient (Wildman–Crippen LogP) is 5.02. The highest BCUT2D eigenvalue weighted by Gasteiger charge is 2.17. The van der Waals surface area contributed by atoms with Gasteiger partial charge < -0.3 is 5.32 Å². The Bertz CT molecular complexity index is 1080. The number of sulfonamides is 1. The van der Waals surface area contributed by atoms with Crippen LogP contribution in [-0.4, -0.2) is 14.3 Å². The quantitative estimate of drug-likeness (QED) is 0.588. The van der Waals surface area contributed by atoms with Gasteiger partial charge in [0, 0.05) is 5.69 Å². The van der Waals surface area contributed by atoms with Crippen LogP contribution in [0.1, 0.15) is 22.2 Å². The van der Waals surface area contributed by atoms with E-state index in [0.717, 1.165) is 12.0 Å². The van der Waals surface area contributed by atoms with E-state index in [1.807, 2.05) is 18.4 Å². The third-order valence-corrected chi connectivity index (χ3v) is 6.50. The lowest BCUT2D eigenvalue weighted by Gasteiger charge is -2.11. The molecule has 0 atom stereocenters. The Morgan fingerprint density at radius 2 is 1.89 bits per heavy atom. The van der Waals surface area contributed by atoms with Gasteiger partial charge in [0.1, 0.15) is 0 Å². The lowest BCUT2D eigenvalue weighted by atomic mass is 10.2. The van der Waals surface area contributed by atoms with Crippen molar-refractivity contribution in [1.29, 1.82) is 0 Å². The molecule has 1 heterocycles. The molecule has 0 saturated carbocycles. The number of nitrogens with one attached hydrogen (secondary N) is 2. The van der Waals surface area contributed by atoms with Crippen LogP contribution < -0.4 is 10.0 Å². The fourth-order valence-corrected chi connectivity index (χ4v) is 4.74. The minimum atomic E-state index is -3.84. The third kappa shape index (κ3) is 4.50. The Labute approximate surface area is 167 Å². The number of amides is 1. The molecular weight excluding hydrogens is 404 g/mol. The molecule has 0 aliphatic heterocycles. The molecule has 0 aliphatic rings. The maximum atomic E-state index is 12.6. The topological polar surface area (TPSA) is 75.3 Å². The minimum absolute atomic E-state index is 0.0297. The zero-order valence-electron chi connectivity index (χ0n) is 14.4. The maximum absolute atomic E-state index is 12.6. The molecule has 2 aromatic carbocycles. The first-order valence-corrected chi connectivity index (χ1v) is 10.9. The summed E-state index contributed by atoms with van der Waals surface area (Å²) in [6.45, 7) is 1.98. The molecule has 0 saturated heterocycles. The fourth-order valence-electron chi connectivity index (χ4n) is 2.49.